The fourth-order valence-electron chi connectivity index (χ4n) is 9.18. The molecule has 4 nitrogen and oxygen atoms in total. The zero-order valence-corrected chi connectivity index (χ0v) is 43.4. The number of rotatable bonds is 12. The highest BCUT2D eigenvalue weighted by Crippen LogP contribution is 2.52. The minimum atomic E-state index is -2.51. The van der Waals surface area contributed by atoms with Gasteiger partial charge in [0.2, 0.25) is 16.6 Å². The average molecular weight is 959 g/mol. The van der Waals surface area contributed by atoms with Gasteiger partial charge in [-0.05, 0) is 145 Å². The summed E-state index contributed by atoms with van der Waals surface area (Å²) in [7, 11) is -7.07. The summed E-state index contributed by atoms with van der Waals surface area (Å²) in [6, 6.07) is 70.1. The highest BCUT2D eigenvalue weighted by Gasteiger charge is 2.41. The third-order valence-corrected chi connectivity index (χ3v) is 26.0. The normalized spacial score (nSPS) is 13.6. The molecule has 0 aliphatic carbocycles. The lowest BCUT2D eigenvalue weighted by atomic mass is 10.1. The maximum Gasteiger partial charge on any atom is 0.311 e. The van der Waals surface area contributed by atoms with Gasteiger partial charge in [-0.3, -0.25) is 0 Å². The molecule has 0 fully saturated rings. The van der Waals surface area contributed by atoms with Gasteiger partial charge in [0.05, 0.1) is 22.7 Å². The van der Waals surface area contributed by atoms with Crippen LogP contribution in [0.1, 0.15) is 22.3 Å². The van der Waals surface area contributed by atoms with Crippen LogP contribution in [-0.4, -0.2) is 25.2 Å². The summed E-state index contributed by atoms with van der Waals surface area (Å²) in [5.74, 6) is 0. The Kier molecular flexibility index (Phi) is 12.5. The van der Waals surface area contributed by atoms with Gasteiger partial charge in [0.1, 0.15) is 0 Å². The molecular weight excluding hydrogens is 905 g/mol. The second-order valence-electron chi connectivity index (χ2n) is 18.5. The number of hydrogen-bond donors (Lipinski definition) is 0. The molecule has 0 unspecified atom stereocenters. The number of benzene rings is 8. The van der Waals surface area contributed by atoms with E-state index in [4.69, 9.17) is 8.23 Å². The Morgan fingerprint density at radius 2 is 0.582 bits per heavy atom. The second-order valence-corrected chi connectivity index (χ2v) is 32.3. The largest absolute Gasteiger partial charge is 0.433 e. The first-order valence-corrected chi connectivity index (χ1v) is 33.2. The molecule has 0 atom stereocenters. The summed E-state index contributed by atoms with van der Waals surface area (Å²) in [6.07, 6.45) is 8.77. The van der Waals surface area contributed by atoms with Crippen molar-refractivity contribution in [2.24, 2.45) is 0 Å². The summed E-state index contributed by atoms with van der Waals surface area (Å²) in [5.41, 5.74) is 11.8. The molecule has 8 aromatic carbocycles. The van der Waals surface area contributed by atoms with Crippen LogP contribution in [0.15, 0.2) is 214 Å². The smallest absolute Gasteiger partial charge is 0.311 e. The third kappa shape index (κ3) is 9.77. The molecule has 0 aromatic heterocycles. The molecular formula is C58H54N2O2S2Si3. The molecule has 10 rings (SSSR count). The summed E-state index contributed by atoms with van der Waals surface area (Å²) in [5, 5.41) is 2.54. The molecule has 2 heterocycles. The van der Waals surface area contributed by atoms with E-state index >= 15 is 0 Å². The lowest BCUT2D eigenvalue weighted by Gasteiger charge is -2.39. The zero-order chi connectivity index (χ0) is 46.2. The van der Waals surface area contributed by atoms with Crippen molar-refractivity contribution in [2.75, 3.05) is 9.80 Å². The van der Waals surface area contributed by atoms with Crippen LogP contribution in [0, 0.1) is 0 Å². The third-order valence-electron chi connectivity index (χ3n) is 12.3. The van der Waals surface area contributed by atoms with Crippen LogP contribution in [0.2, 0.25) is 39.3 Å². The number of anilines is 6. The van der Waals surface area contributed by atoms with E-state index in [1.54, 1.807) is 0 Å². The Bertz CT molecular complexity index is 2810. The minimum Gasteiger partial charge on any atom is -0.433 e. The molecule has 0 saturated heterocycles. The van der Waals surface area contributed by atoms with E-state index in [9.17, 15) is 0 Å². The van der Waals surface area contributed by atoms with Crippen LogP contribution in [0.5, 0.6) is 0 Å². The minimum absolute atomic E-state index is 1.15. The van der Waals surface area contributed by atoms with Gasteiger partial charge >= 0.3 is 8.56 Å². The van der Waals surface area contributed by atoms with Crippen LogP contribution in [0.3, 0.4) is 0 Å². The van der Waals surface area contributed by atoms with E-state index in [0.29, 0.717) is 0 Å². The van der Waals surface area contributed by atoms with E-state index < -0.39 is 25.2 Å². The molecule has 0 radical (unpaired) electrons. The summed E-state index contributed by atoms with van der Waals surface area (Å²) >= 11 is 3.67. The molecule has 0 amide bonds. The molecule has 0 N–H and O–H groups in total. The molecule has 9 heteroatoms. The lowest BCUT2D eigenvalue weighted by molar-refractivity contribution is 0.401. The topological polar surface area (TPSA) is 24.9 Å². The number of nitrogens with zero attached hydrogens (tertiary/aromatic N) is 2. The molecule has 0 bridgehead atoms. The van der Waals surface area contributed by atoms with Gasteiger partial charge in [0.25, 0.3) is 0 Å². The first kappa shape index (κ1) is 44.9. The maximum atomic E-state index is 7.09. The Morgan fingerprint density at radius 3 is 0.866 bits per heavy atom. The van der Waals surface area contributed by atoms with Crippen molar-refractivity contribution >= 4 is 118 Å². The molecule has 0 spiro atoms. The van der Waals surface area contributed by atoms with E-state index in [2.05, 4.69) is 268 Å². The molecule has 2 aliphatic rings. The maximum absolute atomic E-state index is 7.09. The SMILES string of the molecule is C[Si](C)(O[Si](C)(C)c1ccc(/C=C/c2ccc(N3c4ccccc4Sc4ccccc43)cc2)cc1)O[Si](C)(C)c1ccc(/C=C/c2ccc(N3c4ccccc4Sc4ccccc43)cc2)cc1. The van der Waals surface area contributed by atoms with Gasteiger partial charge in [-0.1, -0.05) is 169 Å². The van der Waals surface area contributed by atoms with E-state index in [1.165, 1.54) is 52.7 Å². The highest BCUT2D eigenvalue weighted by molar-refractivity contribution is 8.00. The molecule has 0 saturated carbocycles. The van der Waals surface area contributed by atoms with Gasteiger partial charge in [0.15, 0.2) is 0 Å². The van der Waals surface area contributed by atoms with Crippen molar-refractivity contribution in [3.05, 3.63) is 216 Å². The number of fused-ring (bicyclic) bond motifs is 4. The van der Waals surface area contributed by atoms with Crippen molar-refractivity contribution in [2.45, 2.75) is 58.9 Å². The predicted octanol–water partition coefficient (Wildman–Crippen LogP) is 16.2. The van der Waals surface area contributed by atoms with Crippen LogP contribution in [0.25, 0.3) is 24.3 Å². The van der Waals surface area contributed by atoms with Crippen molar-refractivity contribution in [3.63, 3.8) is 0 Å². The van der Waals surface area contributed by atoms with Gasteiger partial charge in [0, 0.05) is 31.0 Å². The number of para-hydroxylation sites is 4. The number of hydrogen-bond acceptors (Lipinski definition) is 6. The van der Waals surface area contributed by atoms with E-state index in [0.717, 1.165) is 33.6 Å². The van der Waals surface area contributed by atoms with Crippen LogP contribution in [-0.2, 0) is 8.23 Å². The van der Waals surface area contributed by atoms with Crippen molar-refractivity contribution < 1.29 is 8.23 Å². The van der Waals surface area contributed by atoms with Gasteiger partial charge in [-0.2, -0.15) is 0 Å². The monoisotopic (exact) mass is 958 g/mol. The average Bonchev–Trinajstić information content (AvgIpc) is 3.33. The van der Waals surface area contributed by atoms with Crippen molar-refractivity contribution in [1.29, 1.82) is 0 Å². The summed E-state index contributed by atoms with van der Waals surface area (Å²) < 4.78 is 14.2. The van der Waals surface area contributed by atoms with Crippen LogP contribution >= 0.6 is 23.5 Å². The fraction of sp³-hybridized carbons (Fsp3) is 0.103. The Morgan fingerprint density at radius 1 is 0.328 bits per heavy atom. The Labute approximate surface area is 408 Å². The quantitative estimate of drug-likeness (QED) is 0.0894. The summed E-state index contributed by atoms with van der Waals surface area (Å²) in [4.78, 5) is 9.81. The predicted molar refractivity (Wildman–Crippen MR) is 295 cm³/mol. The van der Waals surface area contributed by atoms with Crippen molar-refractivity contribution in [3.8, 4) is 0 Å². The first-order chi connectivity index (χ1) is 32.4. The van der Waals surface area contributed by atoms with Crippen LogP contribution < -0.4 is 20.2 Å². The standard InChI is InChI=1S/C58H54N2O2S2Si3/c1-65(2,49-39-31-45(32-40-49)25-23-43-27-35-47(36-28-43)59-51-15-7-11-19-55(51)63-56-20-12-8-16-52(56)59)61-67(5,6)62-66(3,4)50-41-33-46(34-42-50)26-24-44-29-37-48(38-30-44)60-53-17-9-13-21-57(53)64-58-22-14-10-18-54(58)60/h7-42H,1-6H3/b25-23+,26-24+. The van der Waals surface area contributed by atoms with Crippen LogP contribution in [0.4, 0.5) is 34.1 Å². The lowest BCUT2D eigenvalue weighted by Crippen LogP contribution is -2.59. The second kappa shape index (κ2) is 18.7. The molecule has 2 aliphatic heterocycles. The first-order valence-electron chi connectivity index (χ1n) is 22.9. The van der Waals surface area contributed by atoms with E-state index in [-0.39, 0.29) is 0 Å². The van der Waals surface area contributed by atoms with Gasteiger partial charge < -0.3 is 18.0 Å². The van der Waals surface area contributed by atoms with Gasteiger partial charge in [-0.25, -0.2) is 0 Å². The Balaban J connectivity index is 0.752. The van der Waals surface area contributed by atoms with Crippen molar-refractivity contribution in [1.82, 2.24) is 0 Å². The van der Waals surface area contributed by atoms with E-state index in [1.807, 2.05) is 23.5 Å². The molecule has 8 aromatic rings. The highest BCUT2D eigenvalue weighted by atomic mass is 32.2. The Hall–Kier alpha value is -5.89. The summed E-state index contributed by atoms with van der Waals surface area (Å²) in [6.45, 7) is 13.6. The molecule has 67 heavy (non-hydrogen) atoms. The zero-order valence-electron chi connectivity index (χ0n) is 38.8. The fourth-order valence-corrected chi connectivity index (χ4v) is 24.5. The van der Waals surface area contributed by atoms with Gasteiger partial charge in [-0.15, -0.1) is 0 Å². The molecule has 332 valence electrons.